The Hall–Kier alpha value is -1.45. The summed E-state index contributed by atoms with van der Waals surface area (Å²) >= 11 is 0. The summed E-state index contributed by atoms with van der Waals surface area (Å²) in [6.45, 7) is 5.81. The van der Waals surface area contributed by atoms with Crippen molar-refractivity contribution in [2.24, 2.45) is 4.99 Å². The molecule has 0 spiro atoms. The van der Waals surface area contributed by atoms with Crippen molar-refractivity contribution in [1.29, 1.82) is 0 Å². The summed E-state index contributed by atoms with van der Waals surface area (Å²) in [6, 6.07) is 1.70. The quantitative estimate of drug-likeness (QED) is 0.610. The Morgan fingerprint density at radius 3 is 3.18 bits per heavy atom. The van der Waals surface area contributed by atoms with E-state index in [0.29, 0.717) is 18.2 Å². The van der Waals surface area contributed by atoms with Gasteiger partial charge in [0.2, 0.25) is 0 Å². The first-order valence-corrected chi connectivity index (χ1v) is 3.29. The van der Waals surface area contributed by atoms with Crippen molar-refractivity contribution in [2.75, 3.05) is 6.61 Å². The van der Waals surface area contributed by atoms with Crippen LogP contribution >= 0.6 is 0 Å². The summed E-state index contributed by atoms with van der Waals surface area (Å²) in [7, 11) is 0. The van der Waals surface area contributed by atoms with E-state index in [1.807, 2.05) is 6.92 Å². The van der Waals surface area contributed by atoms with E-state index >= 15 is 0 Å². The standard InChI is InChI=1S/C7H9N3O/c1-3-11-7-6(8-2)4-5-9-10-7/h4-5H,2-3H2,1H3. The van der Waals surface area contributed by atoms with Crippen molar-refractivity contribution in [3.05, 3.63) is 12.3 Å². The number of nitrogens with zero attached hydrogens (tertiary/aromatic N) is 3. The van der Waals surface area contributed by atoms with E-state index in [1.54, 1.807) is 12.3 Å². The summed E-state index contributed by atoms with van der Waals surface area (Å²) in [5.74, 6) is 0.435. The molecule has 0 aliphatic carbocycles. The topological polar surface area (TPSA) is 47.4 Å². The third-order valence-electron chi connectivity index (χ3n) is 1.12. The van der Waals surface area contributed by atoms with Gasteiger partial charge >= 0.3 is 0 Å². The Morgan fingerprint density at radius 1 is 1.73 bits per heavy atom. The van der Waals surface area contributed by atoms with Crippen LogP contribution in [0.15, 0.2) is 17.3 Å². The number of hydrogen-bond acceptors (Lipinski definition) is 4. The van der Waals surface area contributed by atoms with Crippen LogP contribution in [0.5, 0.6) is 5.88 Å². The van der Waals surface area contributed by atoms with Gasteiger partial charge < -0.3 is 4.74 Å². The van der Waals surface area contributed by atoms with Gasteiger partial charge in [-0.1, -0.05) is 0 Å². The van der Waals surface area contributed by atoms with E-state index in [1.165, 1.54) is 0 Å². The first kappa shape index (κ1) is 7.65. The summed E-state index contributed by atoms with van der Waals surface area (Å²) in [6.07, 6.45) is 1.55. The molecule has 4 heteroatoms. The smallest absolute Gasteiger partial charge is 0.259 e. The summed E-state index contributed by atoms with van der Waals surface area (Å²) in [4.78, 5) is 3.71. The Kier molecular flexibility index (Phi) is 2.54. The summed E-state index contributed by atoms with van der Waals surface area (Å²) in [5, 5.41) is 7.38. The highest BCUT2D eigenvalue weighted by atomic mass is 16.5. The average molecular weight is 151 g/mol. The second-order valence-electron chi connectivity index (χ2n) is 1.81. The lowest BCUT2D eigenvalue weighted by Crippen LogP contribution is -1.95. The molecule has 1 heterocycles. The number of hydrogen-bond donors (Lipinski definition) is 0. The number of aliphatic imine (C=N–C) groups is 1. The van der Waals surface area contributed by atoms with Crippen LogP contribution in [0, 0.1) is 0 Å². The maximum Gasteiger partial charge on any atom is 0.259 e. The highest BCUT2D eigenvalue weighted by Crippen LogP contribution is 2.21. The van der Waals surface area contributed by atoms with Crippen molar-refractivity contribution in [3.8, 4) is 5.88 Å². The lowest BCUT2D eigenvalue weighted by atomic mass is 10.5. The fourth-order valence-corrected chi connectivity index (χ4v) is 0.672. The molecular weight excluding hydrogens is 142 g/mol. The van der Waals surface area contributed by atoms with E-state index in [9.17, 15) is 0 Å². The largest absolute Gasteiger partial charge is 0.475 e. The van der Waals surface area contributed by atoms with Crippen LogP contribution in [0.3, 0.4) is 0 Å². The molecule has 58 valence electrons. The maximum atomic E-state index is 5.12. The van der Waals surface area contributed by atoms with Crippen LogP contribution in [-0.2, 0) is 0 Å². The highest BCUT2D eigenvalue weighted by molar-refractivity contribution is 5.51. The Balaban J connectivity index is 2.92. The van der Waals surface area contributed by atoms with E-state index in [2.05, 4.69) is 21.9 Å². The van der Waals surface area contributed by atoms with Crippen LogP contribution < -0.4 is 4.74 Å². The third-order valence-corrected chi connectivity index (χ3v) is 1.12. The molecule has 4 nitrogen and oxygen atoms in total. The monoisotopic (exact) mass is 151 g/mol. The van der Waals surface area contributed by atoms with E-state index in [4.69, 9.17) is 4.74 Å². The van der Waals surface area contributed by atoms with Crippen molar-refractivity contribution < 1.29 is 4.74 Å². The zero-order chi connectivity index (χ0) is 8.10. The molecule has 11 heavy (non-hydrogen) atoms. The fraction of sp³-hybridized carbons (Fsp3) is 0.286. The van der Waals surface area contributed by atoms with Crippen LogP contribution in [-0.4, -0.2) is 23.5 Å². The van der Waals surface area contributed by atoms with Gasteiger partial charge in [-0.05, 0) is 19.7 Å². The predicted molar refractivity (Wildman–Crippen MR) is 42.4 cm³/mol. The number of aromatic nitrogens is 2. The van der Waals surface area contributed by atoms with Crippen molar-refractivity contribution in [1.82, 2.24) is 10.2 Å². The molecule has 0 saturated carbocycles. The second-order valence-corrected chi connectivity index (χ2v) is 1.81. The fourth-order valence-electron chi connectivity index (χ4n) is 0.672. The molecule has 0 radical (unpaired) electrons. The van der Waals surface area contributed by atoms with Gasteiger partial charge in [0.25, 0.3) is 5.88 Å². The van der Waals surface area contributed by atoms with Gasteiger partial charge in [-0.25, -0.2) is 0 Å². The molecule has 1 aromatic rings. The molecule has 1 aromatic heterocycles. The van der Waals surface area contributed by atoms with Gasteiger partial charge in [0, 0.05) is 0 Å². The molecule has 0 N–H and O–H groups in total. The van der Waals surface area contributed by atoms with Gasteiger partial charge in [-0.15, -0.1) is 5.10 Å². The van der Waals surface area contributed by atoms with Crippen LogP contribution in [0.4, 0.5) is 5.69 Å². The molecule has 0 atom stereocenters. The van der Waals surface area contributed by atoms with Gasteiger partial charge in [0.05, 0.1) is 12.8 Å². The van der Waals surface area contributed by atoms with Gasteiger partial charge in [-0.2, -0.15) is 5.10 Å². The molecule has 0 bridgehead atoms. The highest BCUT2D eigenvalue weighted by Gasteiger charge is 2.00. The van der Waals surface area contributed by atoms with E-state index in [-0.39, 0.29) is 0 Å². The predicted octanol–water partition coefficient (Wildman–Crippen LogP) is 1.21. The van der Waals surface area contributed by atoms with E-state index < -0.39 is 0 Å². The molecule has 0 amide bonds. The normalized spacial score (nSPS) is 9.18. The SMILES string of the molecule is C=Nc1ccnnc1OCC. The minimum Gasteiger partial charge on any atom is -0.475 e. The molecular formula is C7H9N3O. The summed E-state index contributed by atoms with van der Waals surface area (Å²) in [5.41, 5.74) is 0.627. The minimum absolute atomic E-state index is 0.435. The maximum absolute atomic E-state index is 5.12. The van der Waals surface area contributed by atoms with Gasteiger partial charge in [0.1, 0.15) is 5.69 Å². The number of ether oxygens (including phenoxy) is 1. The van der Waals surface area contributed by atoms with E-state index in [0.717, 1.165) is 0 Å². The molecule has 0 aromatic carbocycles. The summed E-state index contributed by atoms with van der Waals surface area (Å²) < 4.78 is 5.12. The number of rotatable bonds is 3. The zero-order valence-corrected chi connectivity index (χ0v) is 6.32. The molecule has 0 unspecified atom stereocenters. The average Bonchev–Trinajstić information content (AvgIpc) is 2.06. The lowest BCUT2D eigenvalue weighted by Gasteiger charge is -2.01. The third kappa shape index (κ3) is 1.73. The first-order valence-electron chi connectivity index (χ1n) is 3.29. The Labute approximate surface area is 64.9 Å². The molecule has 0 saturated heterocycles. The van der Waals surface area contributed by atoms with Crippen LogP contribution in [0.1, 0.15) is 6.92 Å². The minimum atomic E-state index is 0.435. The van der Waals surface area contributed by atoms with Gasteiger partial charge in [-0.3, -0.25) is 4.99 Å². The second kappa shape index (κ2) is 3.65. The van der Waals surface area contributed by atoms with Crippen molar-refractivity contribution in [2.45, 2.75) is 6.92 Å². The van der Waals surface area contributed by atoms with Crippen LogP contribution in [0.25, 0.3) is 0 Å². The Morgan fingerprint density at radius 2 is 2.55 bits per heavy atom. The lowest BCUT2D eigenvalue weighted by molar-refractivity contribution is 0.324. The molecule has 0 fully saturated rings. The van der Waals surface area contributed by atoms with Gasteiger partial charge in [0.15, 0.2) is 0 Å². The zero-order valence-electron chi connectivity index (χ0n) is 6.32. The van der Waals surface area contributed by atoms with Crippen molar-refractivity contribution in [3.63, 3.8) is 0 Å². The molecule has 0 aliphatic heterocycles. The van der Waals surface area contributed by atoms with Crippen molar-refractivity contribution >= 4 is 12.4 Å². The van der Waals surface area contributed by atoms with Crippen LogP contribution in [0.2, 0.25) is 0 Å². The first-order chi connectivity index (χ1) is 5.38. The molecule has 1 rings (SSSR count). The molecule has 0 aliphatic rings. The Bertz CT molecular complexity index is 249.